The van der Waals surface area contributed by atoms with Crippen LogP contribution in [0.1, 0.15) is 28.7 Å². The Bertz CT molecular complexity index is 864. The Kier molecular flexibility index (Phi) is 4.94. The van der Waals surface area contributed by atoms with Crippen LogP contribution in [-0.2, 0) is 0 Å². The Labute approximate surface area is 144 Å². The summed E-state index contributed by atoms with van der Waals surface area (Å²) >= 11 is 0. The summed E-state index contributed by atoms with van der Waals surface area (Å²) in [6.07, 6.45) is 2.96. The summed E-state index contributed by atoms with van der Waals surface area (Å²) in [5, 5.41) is 10.9. The summed E-state index contributed by atoms with van der Waals surface area (Å²) < 4.78 is 10.5. The number of rotatable bonds is 6. The van der Waals surface area contributed by atoms with Crippen LogP contribution >= 0.6 is 0 Å². The maximum atomic E-state index is 12.2. The Morgan fingerprint density at radius 1 is 1.36 bits per heavy atom. The first-order valence-electron chi connectivity index (χ1n) is 7.84. The van der Waals surface area contributed by atoms with Crippen LogP contribution in [0.5, 0.6) is 5.75 Å². The van der Waals surface area contributed by atoms with E-state index in [1.165, 1.54) is 12.5 Å². The van der Waals surface area contributed by atoms with E-state index in [-0.39, 0.29) is 5.91 Å². The van der Waals surface area contributed by atoms with Crippen LogP contribution in [0.25, 0.3) is 11.3 Å². The predicted molar refractivity (Wildman–Crippen MR) is 93.7 cm³/mol. The molecule has 2 aromatic heterocycles. The molecule has 128 valence electrons. The van der Waals surface area contributed by atoms with Crippen molar-refractivity contribution < 1.29 is 13.9 Å². The molecular formula is C18H18N4O3. The summed E-state index contributed by atoms with van der Waals surface area (Å²) in [7, 11) is 0. The molecule has 3 rings (SSSR count). The second-order valence-corrected chi connectivity index (χ2v) is 5.24. The number of carbonyl (C=O) groups excluding carboxylic acids is 1. The van der Waals surface area contributed by atoms with Crippen LogP contribution in [0.2, 0.25) is 0 Å². The van der Waals surface area contributed by atoms with E-state index in [1.54, 1.807) is 12.1 Å². The molecule has 1 aromatic carbocycles. The number of furan rings is 1. The minimum atomic E-state index is -0.370. The number of amides is 1. The first-order valence-corrected chi connectivity index (χ1v) is 7.84. The van der Waals surface area contributed by atoms with Gasteiger partial charge in [0, 0.05) is 11.1 Å². The van der Waals surface area contributed by atoms with Gasteiger partial charge in [-0.15, -0.1) is 0 Å². The highest BCUT2D eigenvalue weighted by Gasteiger charge is 2.16. The van der Waals surface area contributed by atoms with E-state index in [1.807, 2.05) is 38.1 Å². The van der Waals surface area contributed by atoms with Crippen molar-refractivity contribution in [2.24, 2.45) is 5.10 Å². The minimum absolute atomic E-state index is 0.362. The van der Waals surface area contributed by atoms with Gasteiger partial charge in [-0.2, -0.15) is 10.2 Å². The molecule has 7 nitrogen and oxygen atoms in total. The first-order chi connectivity index (χ1) is 12.2. The summed E-state index contributed by atoms with van der Waals surface area (Å²) in [6.45, 7) is 4.38. The van der Waals surface area contributed by atoms with Gasteiger partial charge < -0.3 is 9.15 Å². The van der Waals surface area contributed by atoms with Gasteiger partial charge in [0.1, 0.15) is 17.2 Å². The molecule has 0 atom stereocenters. The van der Waals surface area contributed by atoms with E-state index in [4.69, 9.17) is 9.15 Å². The normalized spacial score (nSPS) is 11.0. The van der Waals surface area contributed by atoms with Gasteiger partial charge >= 0.3 is 0 Å². The minimum Gasteiger partial charge on any atom is -0.494 e. The number of hydrogen-bond acceptors (Lipinski definition) is 5. The molecule has 0 aliphatic rings. The molecule has 0 unspecified atom stereocenters. The molecule has 3 aromatic rings. The average Bonchev–Trinajstić information content (AvgIpc) is 3.26. The maximum Gasteiger partial charge on any atom is 0.289 e. The molecule has 0 saturated heterocycles. The monoisotopic (exact) mass is 338 g/mol. The predicted octanol–water partition coefficient (Wildman–Crippen LogP) is 3.14. The fourth-order valence-electron chi connectivity index (χ4n) is 2.35. The molecular weight excluding hydrogens is 320 g/mol. The largest absolute Gasteiger partial charge is 0.494 e. The molecule has 0 saturated carbocycles. The first kappa shape index (κ1) is 16.5. The lowest BCUT2D eigenvalue weighted by atomic mass is 10.1. The molecule has 25 heavy (non-hydrogen) atoms. The molecule has 1 amide bonds. The van der Waals surface area contributed by atoms with Gasteiger partial charge in [-0.1, -0.05) is 0 Å². The van der Waals surface area contributed by atoms with Crippen LogP contribution in [0.3, 0.4) is 0 Å². The van der Waals surface area contributed by atoms with Crippen LogP contribution in [0.15, 0.2) is 52.2 Å². The van der Waals surface area contributed by atoms with Gasteiger partial charge in [0.2, 0.25) is 0 Å². The van der Waals surface area contributed by atoms with Crippen molar-refractivity contribution in [2.75, 3.05) is 6.61 Å². The van der Waals surface area contributed by atoms with Gasteiger partial charge in [-0.05, 0) is 50.2 Å². The van der Waals surface area contributed by atoms with E-state index in [2.05, 4.69) is 20.7 Å². The Hall–Kier alpha value is -3.35. The van der Waals surface area contributed by atoms with Gasteiger partial charge in [-0.25, -0.2) is 5.43 Å². The van der Waals surface area contributed by atoms with Gasteiger partial charge in [0.25, 0.3) is 5.91 Å². The van der Waals surface area contributed by atoms with E-state index < -0.39 is 0 Å². The van der Waals surface area contributed by atoms with Gasteiger partial charge in [0.15, 0.2) is 0 Å². The number of H-pyrrole nitrogens is 1. The molecule has 2 heterocycles. The summed E-state index contributed by atoms with van der Waals surface area (Å²) in [4.78, 5) is 12.2. The average molecular weight is 338 g/mol. The summed E-state index contributed by atoms with van der Waals surface area (Å²) in [5.41, 5.74) is 5.16. The fourth-order valence-corrected chi connectivity index (χ4v) is 2.35. The van der Waals surface area contributed by atoms with Crippen molar-refractivity contribution >= 4 is 12.1 Å². The number of nitrogens with zero attached hydrogens (tertiary/aromatic N) is 2. The van der Waals surface area contributed by atoms with Crippen LogP contribution in [0, 0.1) is 6.92 Å². The van der Waals surface area contributed by atoms with E-state index in [0.717, 1.165) is 16.9 Å². The third kappa shape index (κ3) is 3.77. The molecule has 7 heteroatoms. The zero-order valence-corrected chi connectivity index (χ0v) is 13.9. The topological polar surface area (TPSA) is 92.5 Å². The lowest BCUT2D eigenvalue weighted by Crippen LogP contribution is -2.19. The molecule has 0 spiro atoms. The molecule has 0 aliphatic heterocycles. The van der Waals surface area contributed by atoms with E-state index in [9.17, 15) is 4.79 Å². The van der Waals surface area contributed by atoms with Crippen LogP contribution in [0.4, 0.5) is 0 Å². The number of benzene rings is 1. The molecule has 0 bridgehead atoms. The van der Waals surface area contributed by atoms with Crippen molar-refractivity contribution in [2.45, 2.75) is 13.8 Å². The molecule has 0 radical (unpaired) electrons. The van der Waals surface area contributed by atoms with Crippen LogP contribution in [-0.4, -0.2) is 28.9 Å². The third-order valence-electron chi connectivity index (χ3n) is 3.58. The van der Waals surface area contributed by atoms with E-state index >= 15 is 0 Å². The fraction of sp³-hybridized carbons (Fsp3) is 0.167. The summed E-state index contributed by atoms with van der Waals surface area (Å²) in [5.74, 6) is 0.978. The van der Waals surface area contributed by atoms with Crippen molar-refractivity contribution in [3.63, 3.8) is 0 Å². The smallest absolute Gasteiger partial charge is 0.289 e. The van der Waals surface area contributed by atoms with E-state index in [0.29, 0.717) is 23.8 Å². The van der Waals surface area contributed by atoms with Gasteiger partial charge in [0.05, 0.1) is 24.8 Å². The second-order valence-electron chi connectivity index (χ2n) is 5.24. The highest BCUT2D eigenvalue weighted by molar-refractivity contribution is 5.95. The maximum absolute atomic E-state index is 12.2. The number of carbonyl (C=O) groups is 1. The Morgan fingerprint density at radius 2 is 2.16 bits per heavy atom. The zero-order chi connectivity index (χ0) is 17.6. The number of nitrogens with one attached hydrogen (secondary N) is 2. The Morgan fingerprint density at radius 3 is 2.84 bits per heavy atom. The van der Waals surface area contributed by atoms with Crippen molar-refractivity contribution in [1.82, 2.24) is 15.6 Å². The number of hydrogen-bond donors (Lipinski definition) is 2. The van der Waals surface area contributed by atoms with Crippen molar-refractivity contribution in [3.8, 4) is 17.0 Å². The highest BCUT2D eigenvalue weighted by Crippen LogP contribution is 2.25. The lowest BCUT2D eigenvalue weighted by molar-refractivity contribution is 0.0949. The number of aromatic nitrogens is 2. The number of hydrazone groups is 1. The third-order valence-corrected chi connectivity index (χ3v) is 3.58. The molecule has 2 N–H and O–H groups in total. The molecule has 0 aliphatic carbocycles. The highest BCUT2D eigenvalue weighted by atomic mass is 16.5. The number of ether oxygens (including phenoxy) is 1. The van der Waals surface area contributed by atoms with Crippen molar-refractivity contribution in [1.29, 1.82) is 0 Å². The quantitative estimate of drug-likeness (QED) is 0.533. The van der Waals surface area contributed by atoms with Crippen molar-refractivity contribution in [3.05, 3.63) is 59.7 Å². The Balaban J connectivity index is 1.72. The van der Waals surface area contributed by atoms with Crippen LogP contribution < -0.4 is 10.2 Å². The number of aromatic amines is 1. The molecule has 0 fully saturated rings. The van der Waals surface area contributed by atoms with Gasteiger partial charge in [-0.3, -0.25) is 9.89 Å². The second kappa shape index (κ2) is 7.48. The zero-order valence-electron chi connectivity index (χ0n) is 13.9. The SMILES string of the molecule is CCOc1ccc(-c2n[nH]c(C(=O)NN=Cc3ccco3)c2C)cc1. The standard InChI is InChI=1S/C18H18N4O3/c1-3-24-14-8-6-13(7-9-14)16-12(2)17(21-20-16)18(23)22-19-11-15-5-4-10-25-15/h4-11H,3H2,1-2H3,(H,20,21)(H,22,23). The summed E-state index contributed by atoms with van der Waals surface area (Å²) in [6, 6.07) is 11.0. The lowest BCUT2D eigenvalue weighted by Gasteiger charge is -2.04.